The fraction of sp³-hybridized carbons (Fsp3) is 0.250. The zero-order valence-corrected chi connectivity index (χ0v) is 16.9. The highest BCUT2D eigenvalue weighted by Gasteiger charge is 2.13. The fourth-order valence-corrected chi connectivity index (χ4v) is 3.73. The van der Waals surface area contributed by atoms with Gasteiger partial charge < -0.3 is 9.88 Å². The standard InChI is InChI=1S/C20H20ClFN4OS/c1-2-26-18(11-8-14-6-4-3-5-7-14)24-25-20(26)28-13-19(27)23-15-9-10-17(22)16(21)12-15/h3-7,9-10,12H,2,8,11,13H2,1H3,(H,23,27). The van der Waals surface area contributed by atoms with Crippen LogP contribution in [0.5, 0.6) is 0 Å². The first-order valence-electron chi connectivity index (χ1n) is 8.90. The number of aromatic nitrogens is 3. The molecule has 0 saturated heterocycles. The van der Waals surface area contributed by atoms with Gasteiger partial charge in [-0.25, -0.2) is 4.39 Å². The van der Waals surface area contributed by atoms with Crippen LogP contribution in [-0.2, 0) is 24.2 Å². The third-order valence-corrected chi connectivity index (χ3v) is 5.38. The molecule has 1 N–H and O–H groups in total. The lowest BCUT2D eigenvalue weighted by atomic mass is 10.1. The molecule has 1 aromatic heterocycles. The molecule has 0 radical (unpaired) electrons. The summed E-state index contributed by atoms with van der Waals surface area (Å²) in [5.41, 5.74) is 1.71. The maximum Gasteiger partial charge on any atom is 0.234 e. The lowest BCUT2D eigenvalue weighted by Crippen LogP contribution is -2.15. The minimum absolute atomic E-state index is 0.0285. The van der Waals surface area contributed by atoms with Gasteiger partial charge in [-0.15, -0.1) is 10.2 Å². The van der Waals surface area contributed by atoms with Gasteiger partial charge in [0.25, 0.3) is 0 Å². The number of nitrogens with zero attached hydrogens (tertiary/aromatic N) is 3. The topological polar surface area (TPSA) is 59.8 Å². The second kappa shape index (κ2) is 9.71. The molecule has 0 aliphatic carbocycles. The summed E-state index contributed by atoms with van der Waals surface area (Å²) in [6.45, 7) is 2.76. The van der Waals surface area contributed by atoms with Crippen LogP contribution in [0.2, 0.25) is 5.02 Å². The lowest BCUT2D eigenvalue weighted by Gasteiger charge is -2.08. The van der Waals surface area contributed by atoms with E-state index in [1.165, 1.54) is 35.5 Å². The largest absolute Gasteiger partial charge is 0.325 e. The normalized spacial score (nSPS) is 10.8. The van der Waals surface area contributed by atoms with E-state index in [2.05, 4.69) is 27.6 Å². The Labute approximate surface area is 172 Å². The quantitative estimate of drug-likeness (QED) is 0.543. The molecule has 2 aromatic carbocycles. The van der Waals surface area contributed by atoms with Crippen molar-refractivity contribution in [3.05, 3.63) is 70.8 Å². The van der Waals surface area contributed by atoms with Crippen LogP contribution in [0.1, 0.15) is 18.3 Å². The van der Waals surface area contributed by atoms with Gasteiger partial charge in [0.15, 0.2) is 5.16 Å². The molecule has 3 rings (SSSR count). The van der Waals surface area contributed by atoms with E-state index in [-0.39, 0.29) is 16.7 Å². The van der Waals surface area contributed by atoms with E-state index < -0.39 is 5.82 Å². The molecular formula is C20H20ClFN4OS. The van der Waals surface area contributed by atoms with E-state index in [1.807, 2.05) is 29.7 Å². The Kier molecular flexibility index (Phi) is 7.06. The molecule has 0 spiro atoms. The minimum Gasteiger partial charge on any atom is -0.325 e. The van der Waals surface area contributed by atoms with E-state index in [4.69, 9.17) is 11.6 Å². The molecule has 5 nitrogen and oxygen atoms in total. The summed E-state index contributed by atoms with van der Waals surface area (Å²) in [7, 11) is 0. The first-order valence-corrected chi connectivity index (χ1v) is 10.3. The van der Waals surface area contributed by atoms with Gasteiger partial charge in [-0.05, 0) is 37.1 Å². The fourth-order valence-electron chi connectivity index (χ4n) is 2.73. The third kappa shape index (κ3) is 5.33. The Hall–Kier alpha value is -2.38. The highest BCUT2D eigenvalue weighted by atomic mass is 35.5. The maximum absolute atomic E-state index is 13.2. The van der Waals surface area contributed by atoms with Crippen LogP contribution in [0.3, 0.4) is 0 Å². The molecule has 28 heavy (non-hydrogen) atoms. The minimum atomic E-state index is -0.520. The van der Waals surface area contributed by atoms with Crippen LogP contribution in [0.4, 0.5) is 10.1 Å². The molecule has 0 bridgehead atoms. The molecule has 0 aliphatic heterocycles. The lowest BCUT2D eigenvalue weighted by molar-refractivity contribution is -0.113. The van der Waals surface area contributed by atoms with Gasteiger partial charge in [0, 0.05) is 18.7 Å². The van der Waals surface area contributed by atoms with Gasteiger partial charge in [-0.2, -0.15) is 0 Å². The Morgan fingerprint density at radius 1 is 1.18 bits per heavy atom. The van der Waals surface area contributed by atoms with E-state index in [0.29, 0.717) is 10.8 Å². The Morgan fingerprint density at radius 2 is 1.96 bits per heavy atom. The number of aryl methyl sites for hydroxylation is 2. The Balaban J connectivity index is 1.57. The summed E-state index contributed by atoms with van der Waals surface area (Å²) in [4.78, 5) is 12.2. The molecule has 0 saturated carbocycles. The molecule has 0 unspecified atom stereocenters. The number of nitrogens with one attached hydrogen (secondary N) is 1. The maximum atomic E-state index is 13.2. The number of rotatable bonds is 8. The number of thioether (sulfide) groups is 1. The molecule has 0 atom stereocenters. The summed E-state index contributed by atoms with van der Waals surface area (Å²) in [5, 5.41) is 11.9. The molecule has 146 valence electrons. The molecule has 3 aromatic rings. The number of carbonyl (C=O) groups is 1. The smallest absolute Gasteiger partial charge is 0.234 e. The second-order valence-corrected chi connectivity index (χ2v) is 7.44. The number of anilines is 1. The first kappa shape index (κ1) is 20.4. The van der Waals surface area contributed by atoms with Gasteiger partial charge in [0.2, 0.25) is 5.91 Å². The summed E-state index contributed by atoms with van der Waals surface area (Å²) in [6.07, 6.45) is 1.67. The van der Waals surface area contributed by atoms with Crippen molar-refractivity contribution in [1.82, 2.24) is 14.8 Å². The van der Waals surface area contributed by atoms with E-state index >= 15 is 0 Å². The second-order valence-electron chi connectivity index (χ2n) is 6.09. The van der Waals surface area contributed by atoms with Crippen molar-refractivity contribution < 1.29 is 9.18 Å². The van der Waals surface area contributed by atoms with Gasteiger partial charge in [-0.3, -0.25) is 4.79 Å². The molecule has 1 heterocycles. The van der Waals surface area contributed by atoms with Gasteiger partial charge in [0.1, 0.15) is 11.6 Å². The first-order chi connectivity index (χ1) is 13.6. The van der Waals surface area contributed by atoms with E-state index in [9.17, 15) is 9.18 Å². The summed E-state index contributed by atoms with van der Waals surface area (Å²) >= 11 is 7.05. The van der Waals surface area contributed by atoms with Crippen molar-refractivity contribution in [3.8, 4) is 0 Å². The molecule has 1 amide bonds. The average Bonchev–Trinajstić information content (AvgIpc) is 3.10. The number of benzene rings is 2. The van der Waals surface area contributed by atoms with Crippen molar-refractivity contribution >= 4 is 35.0 Å². The number of halogens is 2. The van der Waals surface area contributed by atoms with Gasteiger partial charge in [-0.1, -0.05) is 53.7 Å². The molecular weight excluding hydrogens is 399 g/mol. The predicted octanol–water partition coefficient (Wildman–Crippen LogP) is 4.61. The van der Waals surface area contributed by atoms with Crippen molar-refractivity contribution in [3.63, 3.8) is 0 Å². The summed E-state index contributed by atoms with van der Waals surface area (Å²) in [6, 6.07) is 14.3. The summed E-state index contributed by atoms with van der Waals surface area (Å²) < 4.78 is 15.2. The van der Waals surface area contributed by atoms with Crippen molar-refractivity contribution in [2.24, 2.45) is 0 Å². The third-order valence-electron chi connectivity index (χ3n) is 4.13. The number of carbonyl (C=O) groups excluding carboxylic acids is 1. The molecule has 0 fully saturated rings. The van der Waals surface area contributed by atoms with Crippen LogP contribution < -0.4 is 5.32 Å². The van der Waals surface area contributed by atoms with Gasteiger partial charge in [0.05, 0.1) is 10.8 Å². The van der Waals surface area contributed by atoms with Crippen LogP contribution in [0.15, 0.2) is 53.7 Å². The van der Waals surface area contributed by atoms with Crippen LogP contribution in [0.25, 0.3) is 0 Å². The average molecular weight is 419 g/mol. The number of hydrogen-bond acceptors (Lipinski definition) is 4. The van der Waals surface area contributed by atoms with Crippen molar-refractivity contribution in [2.75, 3.05) is 11.1 Å². The zero-order valence-electron chi connectivity index (χ0n) is 15.4. The highest BCUT2D eigenvalue weighted by Crippen LogP contribution is 2.21. The van der Waals surface area contributed by atoms with Crippen molar-refractivity contribution in [2.45, 2.75) is 31.5 Å². The number of amides is 1. The summed E-state index contributed by atoms with van der Waals surface area (Å²) in [5.74, 6) is 0.336. The van der Waals surface area contributed by atoms with E-state index in [1.54, 1.807) is 0 Å². The predicted molar refractivity (Wildman–Crippen MR) is 110 cm³/mol. The van der Waals surface area contributed by atoms with Gasteiger partial charge >= 0.3 is 0 Å². The SMILES string of the molecule is CCn1c(CCc2ccccc2)nnc1SCC(=O)Nc1ccc(F)c(Cl)c1. The zero-order chi connectivity index (χ0) is 19.9. The van der Waals surface area contributed by atoms with Crippen molar-refractivity contribution in [1.29, 1.82) is 0 Å². The van der Waals surface area contributed by atoms with Crippen LogP contribution in [-0.4, -0.2) is 26.4 Å². The van der Waals surface area contributed by atoms with Crippen LogP contribution in [0, 0.1) is 5.82 Å². The highest BCUT2D eigenvalue weighted by molar-refractivity contribution is 7.99. The van der Waals surface area contributed by atoms with Crippen LogP contribution >= 0.6 is 23.4 Å². The Bertz CT molecular complexity index is 949. The molecule has 0 aliphatic rings. The number of hydrogen-bond donors (Lipinski definition) is 1. The Morgan fingerprint density at radius 3 is 2.68 bits per heavy atom. The monoisotopic (exact) mass is 418 g/mol. The molecule has 8 heteroatoms. The van der Waals surface area contributed by atoms with E-state index in [0.717, 1.165) is 25.2 Å².